The van der Waals surface area contributed by atoms with Gasteiger partial charge in [0.25, 0.3) is 0 Å². The number of rotatable bonds is 3. The van der Waals surface area contributed by atoms with Gasteiger partial charge in [-0.1, -0.05) is 6.07 Å². The summed E-state index contributed by atoms with van der Waals surface area (Å²) in [4.78, 5) is 2.27. The monoisotopic (exact) mass is 265 g/mol. The first-order valence-corrected chi connectivity index (χ1v) is 6.78. The summed E-state index contributed by atoms with van der Waals surface area (Å²) in [5, 5.41) is 10.0. The van der Waals surface area contributed by atoms with Crippen molar-refractivity contribution in [2.24, 2.45) is 0 Å². The van der Waals surface area contributed by atoms with Crippen molar-refractivity contribution in [2.45, 2.75) is 39.1 Å². The Kier molecular flexibility index (Phi) is 4.32. The van der Waals surface area contributed by atoms with Crippen molar-refractivity contribution in [1.29, 1.82) is 0 Å². The molecule has 4 nitrogen and oxygen atoms in total. The molecule has 1 N–H and O–H groups in total. The molecule has 1 fully saturated rings. The average molecular weight is 265 g/mol. The van der Waals surface area contributed by atoms with E-state index in [1.807, 2.05) is 18.2 Å². The lowest BCUT2D eigenvalue weighted by Gasteiger charge is -2.38. The summed E-state index contributed by atoms with van der Waals surface area (Å²) >= 11 is 0. The van der Waals surface area contributed by atoms with Crippen LogP contribution in [0, 0.1) is 0 Å². The number of aliphatic hydroxyl groups excluding tert-OH is 1. The van der Waals surface area contributed by atoms with Crippen LogP contribution in [0.15, 0.2) is 18.2 Å². The second-order valence-electron chi connectivity index (χ2n) is 5.23. The first-order valence-electron chi connectivity index (χ1n) is 6.78. The lowest BCUT2D eigenvalue weighted by atomic mass is 10.0. The summed E-state index contributed by atoms with van der Waals surface area (Å²) in [5.74, 6) is 0.735. The number of anilines is 1. The van der Waals surface area contributed by atoms with Gasteiger partial charge >= 0.3 is 0 Å². The van der Waals surface area contributed by atoms with E-state index < -0.39 is 6.10 Å². The summed E-state index contributed by atoms with van der Waals surface area (Å²) in [7, 11) is 1.63. The van der Waals surface area contributed by atoms with Gasteiger partial charge in [0.05, 0.1) is 25.4 Å². The molecule has 19 heavy (non-hydrogen) atoms. The van der Waals surface area contributed by atoms with Crippen LogP contribution >= 0.6 is 0 Å². The van der Waals surface area contributed by atoms with E-state index in [1.165, 1.54) is 0 Å². The van der Waals surface area contributed by atoms with E-state index in [9.17, 15) is 5.11 Å². The number of benzene rings is 1. The van der Waals surface area contributed by atoms with Crippen LogP contribution in [0.1, 0.15) is 32.4 Å². The van der Waals surface area contributed by atoms with Gasteiger partial charge < -0.3 is 19.5 Å². The minimum absolute atomic E-state index is 0.191. The number of morpholine rings is 1. The average Bonchev–Trinajstić information content (AvgIpc) is 2.36. The van der Waals surface area contributed by atoms with Crippen LogP contribution in [0.2, 0.25) is 0 Å². The summed E-state index contributed by atoms with van der Waals surface area (Å²) in [6.45, 7) is 7.58. The van der Waals surface area contributed by atoms with Gasteiger partial charge in [0.2, 0.25) is 0 Å². The number of hydrogen-bond acceptors (Lipinski definition) is 4. The molecule has 0 saturated carbocycles. The van der Waals surface area contributed by atoms with Crippen LogP contribution in [0.4, 0.5) is 5.69 Å². The van der Waals surface area contributed by atoms with Crippen LogP contribution in [-0.4, -0.2) is 37.5 Å². The van der Waals surface area contributed by atoms with E-state index in [2.05, 4.69) is 18.7 Å². The molecule has 1 aromatic carbocycles. The minimum Gasteiger partial charge on any atom is -0.496 e. The Hall–Kier alpha value is -1.26. The second-order valence-corrected chi connectivity index (χ2v) is 5.23. The van der Waals surface area contributed by atoms with Gasteiger partial charge in [0.15, 0.2) is 0 Å². The van der Waals surface area contributed by atoms with Crippen molar-refractivity contribution in [3.05, 3.63) is 23.8 Å². The van der Waals surface area contributed by atoms with Crippen LogP contribution in [0.3, 0.4) is 0 Å². The quantitative estimate of drug-likeness (QED) is 0.911. The van der Waals surface area contributed by atoms with E-state index in [4.69, 9.17) is 9.47 Å². The van der Waals surface area contributed by atoms with Gasteiger partial charge in [-0.05, 0) is 32.9 Å². The third kappa shape index (κ3) is 3.01. The number of methoxy groups -OCH3 is 1. The van der Waals surface area contributed by atoms with Crippen molar-refractivity contribution in [2.75, 3.05) is 25.1 Å². The molecule has 0 spiro atoms. The predicted octanol–water partition coefficient (Wildman–Crippen LogP) is 2.36. The SMILES string of the molecule is COc1cccc(N2CC(C)OC(C)C2)c1[C@H](C)O. The zero-order valence-corrected chi connectivity index (χ0v) is 12.1. The van der Waals surface area contributed by atoms with Crippen LogP contribution in [0.25, 0.3) is 0 Å². The highest BCUT2D eigenvalue weighted by atomic mass is 16.5. The molecular weight excluding hydrogens is 242 g/mol. The first kappa shape index (κ1) is 14.2. The molecule has 1 aliphatic rings. The summed E-state index contributed by atoms with van der Waals surface area (Å²) in [6.07, 6.45) is -0.173. The maximum absolute atomic E-state index is 10.0. The number of nitrogens with zero attached hydrogens (tertiary/aromatic N) is 1. The summed E-state index contributed by atoms with van der Waals surface area (Å²) in [6, 6.07) is 5.89. The number of hydrogen-bond donors (Lipinski definition) is 1. The van der Waals surface area contributed by atoms with Gasteiger partial charge in [-0.25, -0.2) is 0 Å². The van der Waals surface area contributed by atoms with E-state index in [-0.39, 0.29) is 12.2 Å². The van der Waals surface area contributed by atoms with Gasteiger partial charge in [-0.15, -0.1) is 0 Å². The Bertz CT molecular complexity index is 423. The molecule has 2 unspecified atom stereocenters. The number of aliphatic hydroxyl groups is 1. The fourth-order valence-corrected chi connectivity index (χ4v) is 2.78. The normalized spacial score (nSPS) is 25.2. The third-order valence-electron chi connectivity index (χ3n) is 3.44. The van der Waals surface area contributed by atoms with E-state index >= 15 is 0 Å². The van der Waals surface area contributed by atoms with Gasteiger partial charge in [0.1, 0.15) is 5.75 Å². The Morgan fingerprint density at radius 3 is 2.47 bits per heavy atom. The van der Waals surface area contributed by atoms with Crippen LogP contribution in [0.5, 0.6) is 5.75 Å². The Labute approximate surface area is 114 Å². The minimum atomic E-state index is -0.556. The molecule has 4 heteroatoms. The van der Waals surface area contributed by atoms with Gasteiger partial charge in [0, 0.05) is 24.3 Å². The van der Waals surface area contributed by atoms with Crippen LogP contribution < -0.4 is 9.64 Å². The molecule has 0 aliphatic carbocycles. The Morgan fingerprint density at radius 2 is 1.95 bits per heavy atom. The van der Waals surface area contributed by atoms with E-state index in [0.29, 0.717) is 0 Å². The predicted molar refractivity (Wildman–Crippen MR) is 75.8 cm³/mol. The molecule has 1 aliphatic heterocycles. The molecule has 1 saturated heterocycles. The molecule has 0 aromatic heterocycles. The van der Waals surface area contributed by atoms with E-state index in [0.717, 1.165) is 30.1 Å². The molecule has 1 heterocycles. The van der Waals surface area contributed by atoms with E-state index in [1.54, 1.807) is 14.0 Å². The maximum atomic E-state index is 10.0. The van der Waals surface area contributed by atoms with Crippen molar-refractivity contribution in [1.82, 2.24) is 0 Å². The molecular formula is C15H23NO3. The zero-order valence-electron chi connectivity index (χ0n) is 12.1. The van der Waals surface area contributed by atoms with Crippen molar-refractivity contribution < 1.29 is 14.6 Å². The Balaban J connectivity index is 2.38. The largest absolute Gasteiger partial charge is 0.496 e. The highest BCUT2D eigenvalue weighted by Crippen LogP contribution is 2.35. The highest BCUT2D eigenvalue weighted by Gasteiger charge is 2.26. The first-order chi connectivity index (χ1) is 9.02. The smallest absolute Gasteiger partial charge is 0.126 e. The highest BCUT2D eigenvalue weighted by molar-refractivity contribution is 5.60. The number of ether oxygens (including phenoxy) is 2. The maximum Gasteiger partial charge on any atom is 0.126 e. The fraction of sp³-hybridized carbons (Fsp3) is 0.600. The zero-order chi connectivity index (χ0) is 14.0. The summed E-state index contributed by atoms with van der Waals surface area (Å²) < 4.78 is 11.1. The lowest BCUT2D eigenvalue weighted by Crippen LogP contribution is -2.45. The van der Waals surface area contributed by atoms with Crippen molar-refractivity contribution in [3.8, 4) is 5.75 Å². The fourth-order valence-electron chi connectivity index (χ4n) is 2.78. The topological polar surface area (TPSA) is 41.9 Å². The lowest BCUT2D eigenvalue weighted by molar-refractivity contribution is -0.00540. The Morgan fingerprint density at radius 1 is 1.32 bits per heavy atom. The molecule has 3 atom stereocenters. The molecule has 0 amide bonds. The van der Waals surface area contributed by atoms with Crippen molar-refractivity contribution >= 4 is 5.69 Å². The molecule has 1 aromatic rings. The van der Waals surface area contributed by atoms with Crippen molar-refractivity contribution in [3.63, 3.8) is 0 Å². The van der Waals surface area contributed by atoms with Gasteiger partial charge in [-0.2, -0.15) is 0 Å². The molecule has 106 valence electrons. The summed E-state index contributed by atoms with van der Waals surface area (Å²) in [5.41, 5.74) is 1.89. The molecule has 0 bridgehead atoms. The molecule has 0 radical (unpaired) electrons. The second kappa shape index (κ2) is 5.80. The van der Waals surface area contributed by atoms with Gasteiger partial charge in [-0.3, -0.25) is 0 Å². The standard InChI is InChI=1S/C15H23NO3/c1-10-8-16(9-11(2)19-10)13-6-5-7-14(18-4)15(13)12(3)17/h5-7,10-12,17H,8-9H2,1-4H3/t10?,11?,12-/m0/s1. The molecule has 2 rings (SSSR count). The van der Waals surface area contributed by atoms with Crippen LogP contribution in [-0.2, 0) is 4.74 Å². The third-order valence-corrected chi connectivity index (χ3v) is 3.44.